The van der Waals surface area contributed by atoms with E-state index in [9.17, 15) is 9.59 Å². The van der Waals surface area contributed by atoms with Crippen LogP contribution in [-0.4, -0.2) is 24.7 Å². The Morgan fingerprint density at radius 1 is 1.10 bits per heavy atom. The van der Waals surface area contributed by atoms with Crippen molar-refractivity contribution in [2.45, 2.75) is 33.4 Å². The maximum Gasteiger partial charge on any atom is 0.408 e. The fourth-order valence-corrected chi connectivity index (χ4v) is 1.37. The van der Waals surface area contributed by atoms with Crippen molar-refractivity contribution < 1.29 is 19.1 Å². The average Bonchev–Trinajstić information content (AvgIpc) is 2.43. The second kappa shape index (κ2) is 8.19. The summed E-state index contributed by atoms with van der Waals surface area (Å²) in [4.78, 5) is 23.1. The fourth-order valence-electron chi connectivity index (χ4n) is 1.37. The molecular formula is C15H21NO4. The van der Waals surface area contributed by atoms with Gasteiger partial charge >= 0.3 is 12.1 Å². The Hall–Kier alpha value is -2.04. The summed E-state index contributed by atoms with van der Waals surface area (Å²) >= 11 is 0. The molecule has 0 spiro atoms. The van der Waals surface area contributed by atoms with Crippen LogP contribution in [0, 0.1) is 5.92 Å². The van der Waals surface area contributed by atoms with E-state index in [0.29, 0.717) is 6.61 Å². The number of carbonyl (C=O) groups excluding carboxylic acids is 2. The van der Waals surface area contributed by atoms with Gasteiger partial charge in [-0.1, -0.05) is 44.2 Å². The average molecular weight is 279 g/mol. The summed E-state index contributed by atoms with van der Waals surface area (Å²) in [6.45, 7) is 5.95. The van der Waals surface area contributed by atoms with Gasteiger partial charge in [0.15, 0.2) is 0 Å². The molecule has 0 aliphatic heterocycles. The quantitative estimate of drug-likeness (QED) is 0.813. The Bertz CT molecular complexity index is 431. The van der Waals surface area contributed by atoms with E-state index in [-0.39, 0.29) is 12.5 Å². The Kier molecular flexibility index (Phi) is 6.56. The zero-order valence-electron chi connectivity index (χ0n) is 12.1. The van der Waals surface area contributed by atoms with E-state index < -0.39 is 18.1 Å². The van der Waals surface area contributed by atoms with Crippen molar-refractivity contribution in [3.8, 4) is 0 Å². The van der Waals surface area contributed by atoms with Crippen molar-refractivity contribution in [1.29, 1.82) is 0 Å². The SMILES string of the molecule is CC(C)COC(=O)[C@H](C)NC(=O)OCc1ccccc1. The molecule has 5 nitrogen and oxygen atoms in total. The predicted molar refractivity (Wildman–Crippen MR) is 75.0 cm³/mol. The van der Waals surface area contributed by atoms with Crippen LogP contribution in [0.15, 0.2) is 30.3 Å². The first-order chi connectivity index (χ1) is 9.49. The number of rotatable bonds is 6. The number of ether oxygens (including phenoxy) is 2. The van der Waals surface area contributed by atoms with Gasteiger partial charge in [0.1, 0.15) is 12.6 Å². The molecule has 20 heavy (non-hydrogen) atoms. The lowest BCUT2D eigenvalue weighted by atomic mass is 10.2. The summed E-state index contributed by atoms with van der Waals surface area (Å²) in [5, 5.41) is 2.44. The van der Waals surface area contributed by atoms with Crippen LogP contribution in [0.25, 0.3) is 0 Å². The van der Waals surface area contributed by atoms with Crippen LogP contribution in [0.3, 0.4) is 0 Å². The largest absolute Gasteiger partial charge is 0.464 e. The highest BCUT2D eigenvalue weighted by Crippen LogP contribution is 2.01. The third kappa shape index (κ3) is 6.22. The summed E-state index contributed by atoms with van der Waals surface area (Å²) in [6.07, 6.45) is -0.636. The molecule has 0 aromatic heterocycles. The van der Waals surface area contributed by atoms with E-state index in [1.165, 1.54) is 0 Å². The Morgan fingerprint density at radius 3 is 2.35 bits per heavy atom. The molecule has 1 aromatic rings. The van der Waals surface area contributed by atoms with Crippen molar-refractivity contribution in [2.24, 2.45) is 5.92 Å². The molecule has 0 saturated carbocycles. The number of carbonyl (C=O) groups is 2. The first-order valence-corrected chi connectivity index (χ1v) is 6.63. The fraction of sp³-hybridized carbons (Fsp3) is 0.467. The van der Waals surface area contributed by atoms with Crippen molar-refractivity contribution in [3.05, 3.63) is 35.9 Å². The number of esters is 1. The molecule has 1 aromatic carbocycles. The van der Waals surface area contributed by atoms with Crippen molar-refractivity contribution in [2.75, 3.05) is 6.61 Å². The predicted octanol–water partition coefficient (Wildman–Crippen LogP) is 2.50. The van der Waals surface area contributed by atoms with Crippen LogP contribution < -0.4 is 5.32 Å². The number of alkyl carbamates (subject to hydrolysis) is 1. The van der Waals surface area contributed by atoms with Crippen LogP contribution in [0.2, 0.25) is 0 Å². The molecule has 1 N–H and O–H groups in total. The zero-order chi connectivity index (χ0) is 15.0. The van der Waals surface area contributed by atoms with E-state index in [2.05, 4.69) is 5.32 Å². The number of nitrogens with one attached hydrogen (secondary N) is 1. The highest BCUT2D eigenvalue weighted by atomic mass is 16.6. The smallest absolute Gasteiger partial charge is 0.408 e. The summed E-state index contributed by atoms with van der Waals surface area (Å²) < 4.78 is 10.0. The van der Waals surface area contributed by atoms with Gasteiger partial charge in [-0.3, -0.25) is 0 Å². The van der Waals surface area contributed by atoms with Gasteiger partial charge in [-0.25, -0.2) is 9.59 Å². The van der Waals surface area contributed by atoms with Gasteiger partial charge in [-0.15, -0.1) is 0 Å². The van der Waals surface area contributed by atoms with E-state index in [1.54, 1.807) is 6.92 Å². The standard InChI is InChI=1S/C15H21NO4/c1-11(2)9-19-14(17)12(3)16-15(18)20-10-13-7-5-4-6-8-13/h4-8,11-12H,9-10H2,1-3H3,(H,16,18)/t12-/m0/s1. The zero-order valence-corrected chi connectivity index (χ0v) is 12.1. The molecule has 0 heterocycles. The van der Waals surface area contributed by atoms with Gasteiger partial charge in [-0.05, 0) is 18.4 Å². The van der Waals surface area contributed by atoms with Gasteiger partial charge in [-0.2, -0.15) is 0 Å². The lowest BCUT2D eigenvalue weighted by Crippen LogP contribution is -2.40. The lowest BCUT2D eigenvalue weighted by Gasteiger charge is -2.14. The molecule has 1 rings (SSSR count). The number of amides is 1. The number of benzene rings is 1. The maximum absolute atomic E-state index is 11.6. The van der Waals surface area contributed by atoms with Crippen LogP contribution in [-0.2, 0) is 20.9 Å². The van der Waals surface area contributed by atoms with Gasteiger partial charge in [0.2, 0.25) is 0 Å². The Balaban J connectivity index is 2.29. The second-order valence-electron chi connectivity index (χ2n) is 4.95. The Labute approximate surface area is 119 Å². The summed E-state index contributed by atoms with van der Waals surface area (Å²) in [6, 6.07) is 8.60. The molecule has 1 atom stereocenters. The molecule has 0 aliphatic rings. The van der Waals surface area contributed by atoms with E-state index >= 15 is 0 Å². The summed E-state index contributed by atoms with van der Waals surface area (Å²) in [5.74, 6) is -0.202. The monoisotopic (exact) mass is 279 g/mol. The highest BCUT2D eigenvalue weighted by molar-refractivity contribution is 5.80. The summed E-state index contributed by atoms with van der Waals surface area (Å²) in [7, 11) is 0. The maximum atomic E-state index is 11.6. The minimum Gasteiger partial charge on any atom is -0.464 e. The third-order valence-corrected chi connectivity index (χ3v) is 2.46. The molecule has 0 aliphatic carbocycles. The molecular weight excluding hydrogens is 258 g/mol. The van der Waals surface area contributed by atoms with Gasteiger partial charge in [0.05, 0.1) is 6.61 Å². The normalized spacial score (nSPS) is 11.8. The topological polar surface area (TPSA) is 64.6 Å². The molecule has 0 unspecified atom stereocenters. The molecule has 0 radical (unpaired) electrons. The van der Waals surface area contributed by atoms with Crippen LogP contribution in [0.4, 0.5) is 4.79 Å². The minimum atomic E-state index is -0.725. The van der Waals surface area contributed by atoms with Crippen LogP contribution >= 0.6 is 0 Å². The molecule has 110 valence electrons. The van der Waals surface area contributed by atoms with Gasteiger partial charge in [0, 0.05) is 0 Å². The lowest BCUT2D eigenvalue weighted by molar-refractivity contribution is -0.146. The molecule has 0 saturated heterocycles. The molecule has 0 fully saturated rings. The van der Waals surface area contributed by atoms with E-state index in [4.69, 9.17) is 9.47 Å². The molecule has 5 heteroatoms. The first kappa shape index (κ1) is 16.0. The third-order valence-electron chi connectivity index (χ3n) is 2.46. The van der Waals surface area contributed by atoms with Crippen LogP contribution in [0.1, 0.15) is 26.3 Å². The first-order valence-electron chi connectivity index (χ1n) is 6.63. The molecule has 0 bridgehead atoms. The highest BCUT2D eigenvalue weighted by Gasteiger charge is 2.18. The number of hydrogen-bond donors (Lipinski definition) is 1. The molecule has 1 amide bonds. The van der Waals surface area contributed by atoms with E-state index in [1.807, 2.05) is 44.2 Å². The van der Waals surface area contributed by atoms with Crippen LogP contribution in [0.5, 0.6) is 0 Å². The number of hydrogen-bond acceptors (Lipinski definition) is 4. The second-order valence-corrected chi connectivity index (χ2v) is 4.95. The Morgan fingerprint density at radius 2 is 1.75 bits per heavy atom. The van der Waals surface area contributed by atoms with Gasteiger partial charge in [0.25, 0.3) is 0 Å². The van der Waals surface area contributed by atoms with Gasteiger partial charge < -0.3 is 14.8 Å². The van der Waals surface area contributed by atoms with E-state index in [0.717, 1.165) is 5.56 Å². The van der Waals surface area contributed by atoms with Crippen molar-refractivity contribution in [3.63, 3.8) is 0 Å². The summed E-state index contributed by atoms with van der Waals surface area (Å²) in [5.41, 5.74) is 0.887. The van der Waals surface area contributed by atoms with Crippen molar-refractivity contribution in [1.82, 2.24) is 5.32 Å². The van der Waals surface area contributed by atoms with Crippen molar-refractivity contribution >= 4 is 12.1 Å². The minimum absolute atomic E-state index is 0.167.